The van der Waals surface area contributed by atoms with Crippen LogP contribution in [0.2, 0.25) is 0 Å². The van der Waals surface area contributed by atoms with Crippen molar-refractivity contribution in [3.05, 3.63) is 78.9 Å². The zero-order valence-electron chi connectivity index (χ0n) is 20.6. The highest BCUT2D eigenvalue weighted by molar-refractivity contribution is 5.92. The summed E-state index contributed by atoms with van der Waals surface area (Å²) in [6, 6.07) is 23.2. The van der Waals surface area contributed by atoms with E-state index in [1.807, 2.05) is 35.2 Å². The molecule has 4 N–H and O–H groups in total. The molecule has 1 aliphatic heterocycles. The zero-order chi connectivity index (χ0) is 25.8. The molecule has 4 aromatic rings. The molecule has 188 valence electrons. The highest BCUT2D eigenvalue weighted by Gasteiger charge is 2.24. The minimum Gasteiger partial charge on any atom is -0.508 e. The summed E-state index contributed by atoms with van der Waals surface area (Å²) in [6.07, 6.45) is 3.15. The molecule has 2 heterocycles. The van der Waals surface area contributed by atoms with Gasteiger partial charge in [0.25, 0.3) is 0 Å². The fraction of sp³-hybridized carbons (Fsp3) is 0.207. The van der Waals surface area contributed by atoms with Gasteiger partial charge in [-0.25, -0.2) is 9.97 Å². The molecule has 0 saturated carbocycles. The van der Waals surface area contributed by atoms with Gasteiger partial charge in [0.05, 0.1) is 17.6 Å². The molecule has 0 aliphatic carbocycles. The lowest BCUT2D eigenvalue weighted by Crippen LogP contribution is -2.50. The molecule has 1 aliphatic rings. The van der Waals surface area contributed by atoms with E-state index in [4.69, 9.17) is 9.97 Å². The normalized spacial score (nSPS) is 15.2. The first-order valence-corrected chi connectivity index (χ1v) is 12.3. The number of carbonyl (C=O) groups is 1. The average molecular weight is 496 g/mol. The maximum Gasteiger partial charge on any atom is 0.228 e. The second kappa shape index (κ2) is 10.7. The maximum absolute atomic E-state index is 12.4. The number of anilines is 3. The summed E-state index contributed by atoms with van der Waals surface area (Å²) in [5.41, 5.74) is 4.64. The van der Waals surface area contributed by atoms with Gasteiger partial charge in [-0.05, 0) is 105 Å². The van der Waals surface area contributed by atoms with Crippen LogP contribution in [0.25, 0.3) is 22.5 Å². The van der Waals surface area contributed by atoms with Crippen LogP contribution in [-0.2, 0) is 4.79 Å². The number of carbonyl (C=O) groups excluding carboxylic acids is 1. The summed E-state index contributed by atoms with van der Waals surface area (Å²) in [5, 5.41) is 26.1. The van der Waals surface area contributed by atoms with Gasteiger partial charge in [-0.1, -0.05) is 0 Å². The number of hydrogen-bond acceptors (Lipinski definition) is 7. The highest BCUT2D eigenvalue weighted by atomic mass is 16.3. The van der Waals surface area contributed by atoms with Gasteiger partial charge in [0.15, 0.2) is 0 Å². The Morgan fingerprint density at radius 3 is 1.92 bits per heavy atom. The minimum absolute atomic E-state index is 0.00301. The lowest BCUT2D eigenvalue weighted by Gasteiger charge is -2.34. The molecule has 8 heteroatoms. The van der Waals surface area contributed by atoms with Crippen molar-refractivity contribution in [1.82, 2.24) is 15.3 Å². The van der Waals surface area contributed by atoms with E-state index in [1.54, 1.807) is 55.5 Å². The van der Waals surface area contributed by atoms with Gasteiger partial charge >= 0.3 is 0 Å². The fourth-order valence-electron chi connectivity index (χ4n) is 4.53. The lowest BCUT2D eigenvalue weighted by atomic mass is 10.1. The Labute approximate surface area is 215 Å². The first kappa shape index (κ1) is 24.3. The highest BCUT2D eigenvalue weighted by Crippen LogP contribution is 2.29. The van der Waals surface area contributed by atoms with Crippen LogP contribution in [0.3, 0.4) is 0 Å². The average Bonchev–Trinajstić information content (AvgIpc) is 2.91. The summed E-state index contributed by atoms with van der Waals surface area (Å²) in [4.78, 5) is 23.6. The Morgan fingerprint density at radius 2 is 1.43 bits per heavy atom. The van der Waals surface area contributed by atoms with Crippen LogP contribution in [0.5, 0.6) is 11.5 Å². The zero-order valence-corrected chi connectivity index (χ0v) is 20.6. The van der Waals surface area contributed by atoms with E-state index >= 15 is 0 Å². The Hall–Kier alpha value is -4.43. The van der Waals surface area contributed by atoms with Gasteiger partial charge in [0, 0.05) is 29.4 Å². The number of rotatable bonds is 6. The monoisotopic (exact) mass is 495 g/mol. The van der Waals surface area contributed by atoms with Crippen molar-refractivity contribution in [3.8, 4) is 34.0 Å². The van der Waals surface area contributed by atoms with Crippen LogP contribution in [0, 0.1) is 0 Å². The Morgan fingerprint density at radius 1 is 0.865 bits per heavy atom. The number of nitrogens with zero attached hydrogens (tertiary/aromatic N) is 3. The van der Waals surface area contributed by atoms with Gasteiger partial charge in [-0.2, -0.15) is 0 Å². The standard InChI is InChI=1S/C29H29N5O3/c1-19(35)34(28-4-2-3-17-30-28)23-11-9-22(10-12-23)31-29-32-26(20-5-13-24(36)14-6-20)18-27(33-29)21-7-15-25(37)16-8-21/h5-16,18,28,30,36-37H,2-4,17H2,1H3,(H,31,32,33). The Balaban J connectivity index is 1.45. The predicted octanol–water partition coefficient (Wildman–Crippen LogP) is 5.42. The third-order valence-corrected chi connectivity index (χ3v) is 6.39. The number of phenolic OH excluding ortho intramolecular Hbond substituents is 2. The number of piperidine rings is 1. The van der Waals surface area contributed by atoms with Gasteiger partial charge in [-0.15, -0.1) is 0 Å². The van der Waals surface area contributed by atoms with E-state index in [0.29, 0.717) is 17.3 Å². The van der Waals surface area contributed by atoms with Crippen LogP contribution in [0.4, 0.5) is 17.3 Å². The van der Waals surface area contributed by atoms with Crippen LogP contribution >= 0.6 is 0 Å². The molecule has 0 bridgehead atoms. The van der Waals surface area contributed by atoms with Crippen LogP contribution in [-0.4, -0.2) is 38.8 Å². The molecule has 1 atom stereocenters. The maximum atomic E-state index is 12.4. The smallest absolute Gasteiger partial charge is 0.228 e. The second-order valence-corrected chi connectivity index (χ2v) is 9.08. The molecule has 8 nitrogen and oxygen atoms in total. The van der Waals surface area contributed by atoms with Gasteiger partial charge in [-0.3, -0.25) is 15.0 Å². The molecular weight excluding hydrogens is 466 g/mol. The van der Waals surface area contributed by atoms with Crippen molar-refractivity contribution < 1.29 is 15.0 Å². The Kier molecular flexibility index (Phi) is 7.00. The van der Waals surface area contributed by atoms with Gasteiger partial charge < -0.3 is 15.5 Å². The van der Waals surface area contributed by atoms with E-state index in [1.165, 1.54) is 0 Å². The van der Waals surface area contributed by atoms with Crippen molar-refractivity contribution in [1.29, 1.82) is 0 Å². The molecule has 1 amide bonds. The van der Waals surface area contributed by atoms with E-state index in [-0.39, 0.29) is 23.6 Å². The molecule has 1 aromatic heterocycles. The first-order chi connectivity index (χ1) is 18.0. The molecule has 3 aromatic carbocycles. The van der Waals surface area contributed by atoms with Crippen LogP contribution in [0.15, 0.2) is 78.9 Å². The summed E-state index contributed by atoms with van der Waals surface area (Å²) in [5.74, 6) is 0.762. The summed E-state index contributed by atoms with van der Waals surface area (Å²) in [7, 11) is 0. The van der Waals surface area contributed by atoms with Gasteiger partial charge in [0.2, 0.25) is 11.9 Å². The van der Waals surface area contributed by atoms with Crippen molar-refractivity contribution >= 4 is 23.2 Å². The summed E-state index contributed by atoms with van der Waals surface area (Å²) in [6.45, 7) is 2.50. The van der Waals surface area contributed by atoms with E-state index < -0.39 is 0 Å². The quantitative estimate of drug-likeness (QED) is 0.283. The number of hydrogen-bond donors (Lipinski definition) is 4. The first-order valence-electron chi connectivity index (χ1n) is 12.3. The molecule has 0 spiro atoms. The fourth-order valence-corrected chi connectivity index (χ4v) is 4.53. The number of aromatic hydroxyl groups is 2. The van der Waals surface area contributed by atoms with Crippen molar-refractivity contribution in [2.24, 2.45) is 0 Å². The number of benzene rings is 3. The molecule has 0 radical (unpaired) electrons. The van der Waals surface area contributed by atoms with Crippen LogP contribution in [0.1, 0.15) is 26.2 Å². The Bertz CT molecular complexity index is 1300. The van der Waals surface area contributed by atoms with Gasteiger partial charge in [0.1, 0.15) is 11.5 Å². The molecule has 37 heavy (non-hydrogen) atoms. The van der Waals surface area contributed by atoms with Crippen molar-refractivity contribution in [2.75, 3.05) is 16.8 Å². The van der Waals surface area contributed by atoms with E-state index in [9.17, 15) is 15.0 Å². The molecular formula is C29H29N5O3. The number of amides is 1. The SMILES string of the molecule is CC(=O)N(c1ccc(Nc2nc(-c3ccc(O)cc3)cc(-c3ccc(O)cc3)n2)cc1)C1CCCCN1. The number of aromatic nitrogens is 2. The third kappa shape index (κ3) is 5.70. The summed E-state index contributed by atoms with van der Waals surface area (Å²) >= 11 is 0. The molecule has 1 fully saturated rings. The lowest BCUT2D eigenvalue weighted by molar-refractivity contribution is -0.117. The van der Waals surface area contributed by atoms with E-state index in [0.717, 1.165) is 48.3 Å². The van der Waals surface area contributed by atoms with E-state index in [2.05, 4.69) is 10.6 Å². The van der Waals surface area contributed by atoms with Crippen LogP contribution < -0.4 is 15.5 Å². The molecule has 5 rings (SSSR count). The number of nitrogens with one attached hydrogen (secondary N) is 2. The summed E-state index contributed by atoms with van der Waals surface area (Å²) < 4.78 is 0. The minimum atomic E-state index is 0.00301. The van der Waals surface area contributed by atoms with Crippen molar-refractivity contribution in [2.45, 2.75) is 32.4 Å². The molecule has 1 saturated heterocycles. The largest absolute Gasteiger partial charge is 0.508 e. The number of phenols is 2. The third-order valence-electron chi connectivity index (χ3n) is 6.39. The topological polar surface area (TPSA) is 111 Å². The molecule has 1 unspecified atom stereocenters. The predicted molar refractivity (Wildman–Crippen MR) is 145 cm³/mol. The second-order valence-electron chi connectivity index (χ2n) is 9.08. The van der Waals surface area contributed by atoms with Crippen molar-refractivity contribution in [3.63, 3.8) is 0 Å².